The van der Waals surface area contributed by atoms with Crippen LogP contribution in [0.3, 0.4) is 0 Å². The molecule has 84 valence electrons. The van der Waals surface area contributed by atoms with Gasteiger partial charge in [0.1, 0.15) is 5.75 Å². The van der Waals surface area contributed by atoms with E-state index >= 15 is 0 Å². The number of halogens is 1. The summed E-state index contributed by atoms with van der Waals surface area (Å²) in [4.78, 5) is 24.1. The molecule has 0 bridgehead atoms. The van der Waals surface area contributed by atoms with Crippen molar-refractivity contribution in [1.29, 1.82) is 0 Å². The lowest BCUT2D eigenvalue weighted by Crippen LogP contribution is -2.24. The number of ether oxygens (including phenoxy) is 1. The molecule has 1 aliphatic heterocycles. The van der Waals surface area contributed by atoms with Gasteiger partial charge >= 0.3 is 0 Å². The number of methoxy groups -OCH3 is 1. The zero-order valence-electron chi connectivity index (χ0n) is 8.70. The van der Waals surface area contributed by atoms with E-state index in [1.54, 1.807) is 18.2 Å². The van der Waals surface area contributed by atoms with Crippen molar-refractivity contribution in [2.24, 2.45) is 0 Å². The molecule has 0 radical (unpaired) electrons. The van der Waals surface area contributed by atoms with Gasteiger partial charge in [-0.15, -0.1) is 0 Å². The zero-order valence-corrected chi connectivity index (χ0v) is 9.45. The third kappa shape index (κ3) is 1.88. The van der Waals surface area contributed by atoms with Crippen LogP contribution >= 0.6 is 11.6 Å². The molecular formula is C11H10ClNO3. The zero-order chi connectivity index (χ0) is 11.7. The second-order valence-electron chi connectivity index (χ2n) is 3.51. The molecule has 5 heteroatoms. The van der Waals surface area contributed by atoms with Gasteiger partial charge in [0.2, 0.25) is 5.91 Å². The van der Waals surface area contributed by atoms with E-state index in [2.05, 4.69) is 0 Å². The van der Waals surface area contributed by atoms with Gasteiger partial charge in [-0.25, -0.2) is 0 Å². The summed E-state index contributed by atoms with van der Waals surface area (Å²) < 4.78 is 5.05. The van der Waals surface area contributed by atoms with Crippen molar-refractivity contribution in [2.75, 3.05) is 18.6 Å². The molecular weight excluding hydrogens is 230 g/mol. The normalized spacial score (nSPS) is 15.8. The smallest absolute Gasteiger partial charge is 0.234 e. The van der Waals surface area contributed by atoms with Gasteiger partial charge in [0.25, 0.3) is 0 Å². The summed E-state index contributed by atoms with van der Waals surface area (Å²) in [7, 11) is 1.50. The Kier molecular flexibility index (Phi) is 2.83. The lowest BCUT2D eigenvalue weighted by molar-refractivity contribution is -0.121. The van der Waals surface area contributed by atoms with Gasteiger partial charge in [-0.05, 0) is 12.1 Å². The highest BCUT2D eigenvalue weighted by atomic mass is 35.5. The molecule has 0 unspecified atom stereocenters. The van der Waals surface area contributed by atoms with Gasteiger partial charge < -0.3 is 9.64 Å². The van der Waals surface area contributed by atoms with Crippen LogP contribution in [0.25, 0.3) is 0 Å². The summed E-state index contributed by atoms with van der Waals surface area (Å²) in [5.41, 5.74) is 0.636. The molecule has 2 rings (SSSR count). The molecule has 1 heterocycles. The van der Waals surface area contributed by atoms with Gasteiger partial charge in [0.15, 0.2) is 5.78 Å². The first kappa shape index (κ1) is 11.0. The van der Waals surface area contributed by atoms with Crippen LogP contribution < -0.4 is 9.64 Å². The Morgan fingerprint density at radius 2 is 2.12 bits per heavy atom. The van der Waals surface area contributed by atoms with Gasteiger partial charge in [0.05, 0.1) is 25.1 Å². The number of anilines is 1. The Bertz CT molecular complexity index is 459. The molecule has 16 heavy (non-hydrogen) atoms. The number of Topliss-reactive ketones (excluding diaryl/α,β-unsaturated/α-hetero) is 1. The quantitative estimate of drug-likeness (QED) is 0.738. The largest absolute Gasteiger partial charge is 0.495 e. The van der Waals surface area contributed by atoms with Crippen molar-refractivity contribution >= 4 is 29.0 Å². The van der Waals surface area contributed by atoms with Gasteiger partial charge in [-0.2, -0.15) is 0 Å². The van der Waals surface area contributed by atoms with Gasteiger partial charge in [0, 0.05) is 11.8 Å². The van der Waals surface area contributed by atoms with Gasteiger partial charge in [-0.1, -0.05) is 11.6 Å². The van der Waals surface area contributed by atoms with Crippen molar-refractivity contribution in [1.82, 2.24) is 0 Å². The van der Waals surface area contributed by atoms with Crippen LogP contribution in [0.2, 0.25) is 5.02 Å². The predicted molar refractivity (Wildman–Crippen MR) is 60.0 cm³/mol. The summed E-state index contributed by atoms with van der Waals surface area (Å²) in [6, 6.07) is 4.99. The van der Waals surface area contributed by atoms with Crippen molar-refractivity contribution < 1.29 is 14.3 Å². The maximum atomic E-state index is 11.5. The molecule has 1 aliphatic rings. The molecule has 0 saturated carbocycles. The topological polar surface area (TPSA) is 46.6 Å². The summed E-state index contributed by atoms with van der Waals surface area (Å²) in [6.07, 6.45) is -0.0229. The number of nitrogens with zero attached hydrogens (tertiary/aromatic N) is 1. The Balaban J connectivity index is 2.34. The van der Waals surface area contributed by atoms with E-state index in [0.717, 1.165) is 0 Å². The lowest BCUT2D eigenvalue weighted by atomic mass is 10.3. The second kappa shape index (κ2) is 4.14. The van der Waals surface area contributed by atoms with Gasteiger partial charge in [-0.3, -0.25) is 9.59 Å². The summed E-state index contributed by atoms with van der Waals surface area (Å²) in [6.45, 7) is 0.129. The van der Waals surface area contributed by atoms with Crippen LogP contribution in [0.1, 0.15) is 6.42 Å². The maximum Gasteiger partial charge on any atom is 0.234 e. The average molecular weight is 240 g/mol. The van der Waals surface area contributed by atoms with E-state index in [1.165, 1.54) is 12.0 Å². The number of ketones is 1. The van der Waals surface area contributed by atoms with E-state index in [4.69, 9.17) is 16.3 Å². The fourth-order valence-electron chi connectivity index (χ4n) is 1.64. The first-order valence-electron chi connectivity index (χ1n) is 4.77. The van der Waals surface area contributed by atoms with Crippen molar-refractivity contribution in [3.63, 3.8) is 0 Å². The maximum absolute atomic E-state index is 11.5. The van der Waals surface area contributed by atoms with E-state index in [1.807, 2.05) is 0 Å². The molecule has 1 aromatic carbocycles. The molecule has 0 N–H and O–H groups in total. The summed E-state index contributed by atoms with van der Waals surface area (Å²) in [5, 5.41) is 0.476. The van der Waals surface area contributed by atoms with E-state index in [0.29, 0.717) is 16.5 Å². The first-order chi connectivity index (χ1) is 7.61. The average Bonchev–Trinajstić information content (AvgIpc) is 2.59. The molecule has 1 aromatic rings. The standard InChI is InChI=1S/C11H10ClNO3/c1-16-10-4-7(2-3-9(10)12)13-6-8(14)5-11(13)15/h2-4H,5-6H2,1H3. The minimum absolute atomic E-state index is 0.0229. The number of carbonyl (C=O) groups is 2. The molecule has 4 nitrogen and oxygen atoms in total. The van der Waals surface area contributed by atoms with Crippen molar-refractivity contribution in [3.8, 4) is 5.75 Å². The minimum atomic E-state index is -0.186. The molecule has 1 fully saturated rings. The van der Waals surface area contributed by atoms with Crippen LogP contribution in [-0.2, 0) is 9.59 Å². The van der Waals surface area contributed by atoms with E-state index in [-0.39, 0.29) is 24.7 Å². The highest BCUT2D eigenvalue weighted by Gasteiger charge is 2.28. The van der Waals surface area contributed by atoms with Crippen molar-refractivity contribution in [2.45, 2.75) is 6.42 Å². The molecule has 0 aliphatic carbocycles. The predicted octanol–water partition coefficient (Wildman–Crippen LogP) is 1.65. The van der Waals surface area contributed by atoms with Crippen LogP contribution in [0.4, 0.5) is 5.69 Å². The van der Waals surface area contributed by atoms with Crippen LogP contribution in [-0.4, -0.2) is 25.3 Å². The fraction of sp³-hybridized carbons (Fsp3) is 0.273. The third-order valence-electron chi connectivity index (χ3n) is 2.43. The number of amides is 1. The van der Waals surface area contributed by atoms with E-state index < -0.39 is 0 Å². The van der Waals surface area contributed by atoms with Crippen molar-refractivity contribution in [3.05, 3.63) is 23.2 Å². The molecule has 1 amide bonds. The number of hydrogen-bond acceptors (Lipinski definition) is 3. The van der Waals surface area contributed by atoms with Crippen LogP contribution in [0.15, 0.2) is 18.2 Å². The first-order valence-corrected chi connectivity index (χ1v) is 5.15. The highest BCUT2D eigenvalue weighted by molar-refractivity contribution is 6.32. The number of rotatable bonds is 2. The fourth-order valence-corrected chi connectivity index (χ4v) is 1.83. The van der Waals surface area contributed by atoms with Crippen LogP contribution in [0, 0.1) is 0 Å². The second-order valence-corrected chi connectivity index (χ2v) is 3.92. The summed E-state index contributed by atoms with van der Waals surface area (Å²) in [5.74, 6) is 0.236. The lowest BCUT2D eigenvalue weighted by Gasteiger charge is -2.15. The highest BCUT2D eigenvalue weighted by Crippen LogP contribution is 2.30. The SMILES string of the molecule is COc1cc(N2CC(=O)CC2=O)ccc1Cl. The Morgan fingerprint density at radius 1 is 1.38 bits per heavy atom. The van der Waals surface area contributed by atoms with Crippen LogP contribution in [0.5, 0.6) is 5.75 Å². The Labute approximate surface area is 97.7 Å². The molecule has 0 spiro atoms. The molecule has 1 saturated heterocycles. The summed E-state index contributed by atoms with van der Waals surface area (Å²) >= 11 is 5.87. The molecule has 0 aromatic heterocycles. The number of benzene rings is 1. The third-order valence-corrected chi connectivity index (χ3v) is 2.74. The molecule has 0 atom stereocenters. The minimum Gasteiger partial charge on any atom is -0.495 e. The number of carbonyl (C=O) groups excluding carboxylic acids is 2. The Morgan fingerprint density at radius 3 is 2.69 bits per heavy atom. The number of hydrogen-bond donors (Lipinski definition) is 0. The monoisotopic (exact) mass is 239 g/mol. The Hall–Kier alpha value is -1.55. The van der Waals surface area contributed by atoms with E-state index in [9.17, 15) is 9.59 Å².